The first-order valence-corrected chi connectivity index (χ1v) is 6.25. The fourth-order valence-corrected chi connectivity index (χ4v) is 2.00. The number of rotatable bonds is 4. The van der Waals surface area contributed by atoms with Crippen LogP contribution in [-0.2, 0) is 6.54 Å². The summed E-state index contributed by atoms with van der Waals surface area (Å²) in [4.78, 5) is 0. The maximum absolute atomic E-state index is 13.6. The van der Waals surface area contributed by atoms with Gasteiger partial charge in [-0.1, -0.05) is 24.6 Å². The summed E-state index contributed by atoms with van der Waals surface area (Å²) < 4.78 is 15.5. The molecule has 0 fully saturated rings. The van der Waals surface area contributed by atoms with Gasteiger partial charge in [0.2, 0.25) is 0 Å². The number of aliphatic hydroxyl groups is 1. The smallest absolute Gasteiger partial charge is 0.129 e. The van der Waals surface area contributed by atoms with Crippen LogP contribution in [0.3, 0.4) is 0 Å². The molecule has 0 saturated heterocycles. The van der Waals surface area contributed by atoms with E-state index < -0.39 is 6.10 Å². The van der Waals surface area contributed by atoms with Crippen molar-refractivity contribution in [2.45, 2.75) is 26.0 Å². The number of hydrogen-bond acceptors (Lipinski definition) is 1. The van der Waals surface area contributed by atoms with Crippen molar-refractivity contribution in [1.82, 2.24) is 4.57 Å². The quantitative estimate of drug-likeness (QED) is 0.896. The van der Waals surface area contributed by atoms with Crippen LogP contribution in [-0.4, -0.2) is 9.67 Å². The number of aromatic nitrogens is 1. The lowest BCUT2D eigenvalue weighted by molar-refractivity contribution is 0.173. The molecule has 0 saturated carbocycles. The summed E-state index contributed by atoms with van der Waals surface area (Å²) in [6, 6.07) is 6.50. The van der Waals surface area contributed by atoms with E-state index in [0.717, 1.165) is 5.56 Å². The van der Waals surface area contributed by atoms with Crippen molar-refractivity contribution in [3.8, 4) is 0 Å². The molecule has 2 aromatic rings. The van der Waals surface area contributed by atoms with Crippen LogP contribution < -0.4 is 0 Å². The third-order valence-corrected chi connectivity index (χ3v) is 3.15. The molecule has 0 aliphatic carbocycles. The molecular weight excluding hydrogens is 253 g/mol. The highest BCUT2D eigenvalue weighted by Crippen LogP contribution is 2.19. The molecule has 0 radical (unpaired) electrons. The second kappa shape index (κ2) is 5.55. The van der Waals surface area contributed by atoms with Crippen molar-refractivity contribution in [3.63, 3.8) is 0 Å². The van der Waals surface area contributed by atoms with Gasteiger partial charge in [0, 0.05) is 29.5 Å². The second-order valence-electron chi connectivity index (χ2n) is 4.28. The van der Waals surface area contributed by atoms with Gasteiger partial charge in [0.1, 0.15) is 5.82 Å². The summed E-state index contributed by atoms with van der Waals surface area (Å²) in [5, 5.41) is 10.1. The summed E-state index contributed by atoms with van der Waals surface area (Å²) >= 11 is 5.70. The van der Waals surface area contributed by atoms with Crippen molar-refractivity contribution >= 4 is 11.6 Å². The van der Waals surface area contributed by atoms with Crippen LogP contribution in [0.1, 0.15) is 30.6 Å². The van der Waals surface area contributed by atoms with Crippen molar-refractivity contribution in [2.75, 3.05) is 0 Å². The SMILES string of the molecule is CCC(O)c1ccn(Cc2ccc(Cl)cc2F)c1. The van der Waals surface area contributed by atoms with Crippen LogP contribution in [0.2, 0.25) is 5.02 Å². The lowest BCUT2D eigenvalue weighted by atomic mass is 10.1. The third kappa shape index (κ3) is 2.92. The Labute approximate surface area is 111 Å². The molecule has 2 rings (SSSR count). The Morgan fingerprint density at radius 3 is 2.83 bits per heavy atom. The van der Waals surface area contributed by atoms with Crippen LogP contribution in [0.4, 0.5) is 4.39 Å². The van der Waals surface area contributed by atoms with Crippen LogP contribution in [0.15, 0.2) is 36.7 Å². The van der Waals surface area contributed by atoms with Gasteiger partial charge in [-0.25, -0.2) is 4.39 Å². The molecule has 0 aliphatic heterocycles. The standard InChI is InChI=1S/C14H15ClFNO/c1-2-14(18)11-5-6-17(9-11)8-10-3-4-12(15)7-13(10)16/h3-7,9,14,18H,2,8H2,1H3. The highest BCUT2D eigenvalue weighted by molar-refractivity contribution is 6.30. The zero-order valence-corrected chi connectivity index (χ0v) is 10.9. The van der Waals surface area contributed by atoms with Gasteiger partial charge in [-0.05, 0) is 30.2 Å². The van der Waals surface area contributed by atoms with E-state index in [9.17, 15) is 9.50 Å². The molecule has 0 spiro atoms. The van der Waals surface area contributed by atoms with Crippen molar-refractivity contribution in [3.05, 3.63) is 58.6 Å². The molecule has 0 aliphatic rings. The Balaban J connectivity index is 2.16. The lowest BCUT2D eigenvalue weighted by Gasteiger charge is -2.06. The molecule has 0 amide bonds. The van der Waals surface area contributed by atoms with Gasteiger partial charge in [-0.3, -0.25) is 0 Å². The molecule has 1 unspecified atom stereocenters. The van der Waals surface area contributed by atoms with Gasteiger partial charge in [0.25, 0.3) is 0 Å². The normalized spacial score (nSPS) is 12.7. The van der Waals surface area contributed by atoms with E-state index in [4.69, 9.17) is 11.6 Å². The molecule has 18 heavy (non-hydrogen) atoms. The summed E-state index contributed by atoms with van der Waals surface area (Å²) in [6.07, 6.45) is 3.88. The first kappa shape index (κ1) is 13.1. The Kier molecular flexibility index (Phi) is 4.04. The molecule has 1 aromatic heterocycles. The molecule has 1 heterocycles. The van der Waals surface area contributed by atoms with Gasteiger partial charge in [0.15, 0.2) is 0 Å². The van der Waals surface area contributed by atoms with Crippen molar-refractivity contribution < 1.29 is 9.50 Å². The van der Waals surface area contributed by atoms with Gasteiger partial charge in [0.05, 0.1) is 6.10 Å². The molecule has 1 aromatic carbocycles. The minimum absolute atomic E-state index is 0.311. The van der Waals surface area contributed by atoms with Gasteiger partial charge >= 0.3 is 0 Å². The first-order chi connectivity index (χ1) is 8.60. The van der Waals surface area contributed by atoms with Gasteiger partial charge in [-0.2, -0.15) is 0 Å². The van der Waals surface area contributed by atoms with Crippen LogP contribution >= 0.6 is 11.6 Å². The zero-order valence-electron chi connectivity index (χ0n) is 10.1. The Bertz CT molecular complexity index is 538. The van der Waals surface area contributed by atoms with E-state index in [1.807, 2.05) is 30.0 Å². The molecule has 96 valence electrons. The van der Waals surface area contributed by atoms with E-state index in [0.29, 0.717) is 23.6 Å². The molecular formula is C14H15ClFNO. The maximum Gasteiger partial charge on any atom is 0.129 e. The first-order valence-electron chi connectivity index (χ1n) is 5.88. The summed E-state index contributed by atoms with van der Waals surface area (Å²) in [5.74, 6) is -0.311. The monoisotopic (exact) mass is 267 g/mol. The van der Waals surface area contributed by atoms with Crippen LogP contribution in [0, 0.1) is 5.82 Å². The lowest BCUT2D eigenvalue weighted by Crippen LogP contribution is -2.00. The van der Waals surface area contributed by atoms with Crippen LogP contribution in [0.25, 0.3) is 0 Å². The van der Waals surface area contributed by atoms with E-state index in [1.165, 1.54) is 6.07 Å². The molecule has 2 nitrogen and oxygen atoms in total. The number of benzene rings is 1. The minimum atomic E-state index is -0.457. The summed E-state index contributed by atoms with van der Waals surface area (Å²) in [7, 11) is 0. The number of halogens is 2. The number of aliphatic hydroxyl groups excluding tert-OH is 1. The molecule has 1 N–H and O–H groups in total. The Morgan fingerprint density at radius 2 is 2.17 bits per heavy atom. The number of hydrogen-bond donors (Lipinski definition) is 1. The maximum atomic E-state index is 13.6. The molecule has 1 atom stereocenters. The van der Waals surface area contributed by atoms with E-state index >= 15 is 0 Å². The Hall–Kier alpha value is -1.32. The average molecular weight is 268 g/mol. The minimum Gasteiger partial charge on any atom is -0.388 e. The van der Waals surface area contributed by atoms with Crippen molar-refractivity contribution in [1.29, 1.82) is 0 Å². The zero-order chi connectivity index (χ0) is 13.1. The average Bonchev–Trinajstić information content (AvgIpc) is 2.80. The fourth-order valence-electron chi connectivity index (χ4n) is 1.84. The highest BCUT2D eigenvalue weighted by Gasteiger charge is 2.08. The second-order valence-corrected chi connectivity index (χ2v) is 4.71. The Morgan fingerprint density at radius 1 is 1.39 bits per heavy atom. The summed E-state index contributed by atoms with van der Waals surface area (Å²) in [6.45, 7) is 2.35. The molecule has 0 bridgehead atoms. The van der Waals surface area contributed by atoms with Gasteiger partial charge < -0.3 is 9.67 Å². The van der Waals surface area contributed by atoms with E-state index in [2.05, 4.69) is 0 Å². The largest absolute Gasteiger partial charge is 0.388 e. The van der Waals surface area contributed by atoms with E-state index in [1.54, 1.807) is 12.1 Å². The fraction of sp³-hybridized carbons (Fsp3) is 0.286. The molecule has 4 heteroatoms. The predicted molar refractivity (Wildman–Crippen MR) is 70.2 cm³/mol. The van der Waals surface area contributed by atoms with Crippen LogP contribution in [0.5, 0.6) is 0 Å². The number of nitrogens with zero attached hydrogens (tertiary/aromatic N) is 1. The predicted octanol–water partition coefficient (Wildman–Crippen LogP) is 3.77. The van der Waals surface area contributed by atoms with Crippen molar-refractivity contribution in [2.24, 2.45) is 0 Å². The highest BCUT2D eigenvalue weighted by atomic mass is 35.5. The third-order valence-electron chi connectivity index (χ3n) is 2.91. The van der Waals surface area contributed by atoms with Gasteiger partial charge in [-0.15, -0.1) is 0 Å². The summed E-state index contributed by atoms with van der Waals surface area (Å²) in [5.41, 5.74) is 1.43. The van der Waals surface area contributed by atoms with E-state index in [-0.39, 0.29) is 5.82 Å². The topological polar surface area (TPSA) is 25.2 Å².